The van der Waals surface area contributed by atoms with E-state index in [9.17, 15) is 16.8 Å². The molecule has 0 aromatic heterocycles. The molecule has 8 heteroatoms. The van der Waals surface area contributed by atoms with Crippen molar-refractivity contribution >= 4 is 20.2 Å². The van der Waals surface area contributed by atoms with E-state index >= 15 is 0 Å². The highest BCUT2D eigenvalue weighted by Gasteiger charge is 2.37. The van der Waals surface area contributed by atoms with Gasteiger partial charge in [-0.25, -0.2) is 0 Å². The molecule has 0 atom stereocenters. The Labute approximate surface area is 93.4 Å². The molecule has 1 aromatic carbocycles. The largest absolute Gasteiger partial charge is 0.289 e. The Hall–Kier alpha value is -0.960. The molecule has 0 saturated carbocycles. The van der Waals surface area contributed by atoms with Crippen LogP contribution in [0, 0.1) is 6.92 Å². The zero-order chi connectivity index (χ0) is 12.6. The third kappa shape index (κ3) is 2.79. The van der Waals surface area contributed by atoms with Crippen molar-refractivity contribution in [3.63, 3.8) is 0 Å². The Bertz CT molecular complexity index is 555. The number of hydrogen-bond donors (Lipinski definition) is 2. The van der Waals surface area contributed by atoms with Gasteiger partial charge in [0.05, 0.1) is 0 Å². The summed E-state index contributed by atoms with van der Waals surface area (Å²) in [7, 11) is -9.87. The van der Waals surface area contributed by atoms with E-state index < -0.39 is 24.8 Å². The van der Waals surface area contributed by atoms with E-state index in [1.807, 2.05) is 0 Å². The smallest absolute Gasteiger partial charge is 0.284 e. The third-order valence-corrected chi connectivity index (χ3v) is 5.03. The molecule has 0 fully saturated rings. The normalized spacial score (nSPS) is 13.0. The van der Waals surface area contributed by atoms with Gasteiger partial charge in [0.1, 0.15) is 0 Å². The van der Waals surface area contributed by atoms with Crippen molar-refractivity contribution in [2.45, 2.75) is 11.5 Å². The first-order valence-electron chi connectivity index (χ1n) is 4.12. The minimum atomic E-state index is -4.94. The summed E-state index contributed by atoms with van der Waals surface area (Å²) in [6, 6.07) is 5.66. The van der Waals surface area contributed by atoms with Crippen LogP contribution >= 0.6 is 0 Å². The first kappa shape index (κ1) is 13.1. The topological polar surface area (TPSA) is 109 Å². The minimum absolute atomic E-state index is 0.174. The van der Waals surface area contributed by atoms with Crippen LogP contribution in [0.4, 0.5) is 0 Å². The van der Waals surface area contributed by atoms with Gasteiger partial charge in [0.15, 0.2) is 0 Å². The standard InChI is InChI=1S/C8H10O6S2/c1-6-4-2-3-5-7(6)8(15(9,10)11)16(12,13)14/h2-5,8H,1H3,(H,9,10,11)(H,12,13,14). The molecule has 1 aromatic rings. The van der Waals surface area contributed by atoms with Crippen LogP contribution < -0.4 is 0 Å². The molecule has 1 rings (SSSR count). The molecule has 0 aliphatic carbocycles. The lowest BCUT2D eigenvalue weighted by atomic mass is 10.1. The van der Waals surface area contributed by atoms with Crippen LogP contribution in [-0.4, -0.2) is 25.9 Å². The minimum Gasteiger partial charge on any atom is -0.284 e. The summed E-state index contributed by atoms with van der Waals surface area (Å²) in [5.74, 6) is 0. The zero-order valence-corrected chi connectivity index (χ0v) is 9.86. The Morgan fingerprint density at radius 1 is 1.00 bits per heavy atom. The fourth-order valence-corrected chi connectivity index (χ4v) is 3.73. The molecule has 0 aliphatic heterocycles. The summed E-state index contributed by atoms with van der Waals surface area (Å²) in [5, 5.41) is 0. The van der Waals surface area contributed by atoms with Crippen molar-refractivity contribution in [3.05, 3.63) is 35.4 Å². The second-order valence-electron chi connectivity index (χ2n) is 3.22. The van der Waals surface area contributed by atoms with Crippen molar-refractivity contribution < 1.29 is 25.9 Å². The van der Waals surface area contributed by atoms with Gasteiger partial charge in [0.25, 0.3) is 20.2 Å². The summed E-state index contributed by atoms with van der Waals surface area (Å²) >= 11 is 0. The average Bonchev–Trinajstić information content (AvgIpc) is 2.03. The quantitative estimate of drug-likeness (QED) is 0.782. The predicted molar refractivity (Wildman–Crippen MR) is 57.0 cm³/mol. The van der Waals surface area contributed by atoms with Crippen molar-refractivity contribution in [1.29, 1.82) is 0 Å². The molecule has 0 amide bonds. The lowest BCUT2D eigenvalue weighted by Gasteiger charge is -2.13. The summed E-state index contributed by atoms with van der Waals surface area (Å²) < 4.78 is 59.1. The van der Waals surface area contributed by atoms with E-state index in [1.165, 1.54) is 25.1 Å². The molecule has 0 heterocycles. The molecule has 90 valence electrons. The summed E-state index contributed by atoms with van der Waals surface area (Å²) in [6.07, 6.45) is 0. The Morgan fingerprint density at radius 3 is 1.81 bits per heavy atom. The van der Waals surface area contributed by atoms with E-state index in [2.05, 4.69) is 0 Å². The summed E-state index contributed by atoms with van der Waals surface area (Å²) in [5.41, 5.74) is 0.162. The van der Waals surface area contributed by atoms with E-state index in [1.54, 1.807) is 6.07 Å². The molecule has 0 bridgehead atoms. The van der Waals surface area contributed by atoms with Gasteiger partial charge < -0.3 is 0 Å². The van der Waals surface area contributed by atoms with Crippen LogP contribution in [0.2, 0.25) is 0 Å². The highest BCUT2D eigenvalue weighted by Crippen LogP contribution is 2.28. The van der Waals surface area contributed by atoms with Crippen LogP contribution in [0.1, 0.15) is 15.7 Å². The third-order valence-electron chi connectivity index (χ3n) is 1.98. The van der Waals surface area contributed by atoms with E-state index in [0.717, 1.165) is 0 Å². The highest BCUT2D eigenvalue weighted by molar-refractivity contribution is 8.03. The average molecular weight is 266 g/mol. The molecule has 0 aliphatic rings. The van der Waals surface area contributed by atoms with E-state index in [-0.39, 0.29) is 5.56 Å². The van der Waals surface area contributed by atoms with Gasteiger partial charge >= 0.3 is 0 Å². The van der Waals surface area contributed by atoms with Crippen LogP contribution in [0.5, 0.6) is 0 Å². The second kappa shape index (κ2) is 4.13. The maximum atomic E-state index is 10.9. The first-order valence-corrected chi connectivity index (χ1v) is 7.13. The highest BCUT2D eigenvalue weighted by atomic mass is 32.3. The first-order chi connectivity index (χ1) is 7.14. The SMILES string of the molecule is Cc1ccccc1C(S(=O)(=O)O)S(=O)(=O)O. The van der Waals surface area contributed by atoms with Gasteiger partial charge in [-0.1, -0.05) is 24.3 Å². The summed E-state index contributed by atoms with van der Waals surface area (Å²) in [4.78, 5) is 0. The molecule has 0 spiro atoms. The maximum Gasteiger partial charge on any atom is 0.289 e. The predicted octanol–water partition coefficient (Wildman–Crippen LogP) is 0.769. The van der Waals surface area contributed by atoms with Crippen molar-refractivity contribution in [2.75, 3.05) is 0 Å². The zero-order valence-electron chi connectivity index (χ0n) is 8.23. The lowest BCUT2D eigenvalue weighted by Crippen LogP contribution is -2.22. The van der Waals surface area contributed by atoms with Gasteiger partial charge in [0, 0.05) is 0 Å². The van der Waals surface area contributed by atoms with Gasteiger partial charge in [-0.15, -0.1) is 0 Å². The van der Waals surface area contributed by atoms with Crippen molar-refractivity contribution in [2.24, 2.45) is 0 Å². The molecular weight excluding hydrogens is 256 g/mol. The molecule has 16 heavy (non-hydrogen) atoms. The van der Waals surface area contributed by atoms with Gasteiger partial charge in [-0.3, -0.25) is 9.11 Å². The number of rotatable bonds is 3. The molecule has 0 saturated heterocycles. The fourth-order valence-electron chi connectivity index (χ4n) is 1.33. The lowest BCUT2D eigenvalue weighted by molar-refractivity contribution is 0.456. The second-order valence-corrected chi connectivity index (χ2v) is 6.52. The molecule has 0 radical (unpaired) electrons. The van der Waals surface area contributed by atoms with Crippen LogP contribution in [0.3, 0.4) is 0 Å². The van der Waals surface area contributed by atoms with Crippen molar-refractivity contribution in [3.8, 4) is 0 Å². The monoisotopic (exact) mass is 266 g/mol. The Morgan fingerprint density at radius 2 is 1.44 bits per heavy atom. The van der Waals surface area contributed by atoms with Crippen LogP contribution in [-0.2, 0) is 20.2 Å². The number of benzene rings is 1. The van der Waals surface area contributed by atoms with E-state index in [4.69, 9.17) is 9.11 Å². The molecule has 0 unspecified atom stereocenters. The number of aryl methyl sites for hydroxylation is 1. The van der Waals surface area contributed by atoms with Crippen molar-refractivity contribution in [1.82, 2.24) is 0 Å². The molecule has 2 N–H and O–H groups in total. The van der Waals surface area contributed by atoms with Crippen LogP contribution in [0.25, 0.3) is 0 Å². The maximum absolute atomic E-state index is 10.9. The van der Waals surface area contributed by atoms with Gasteiger partial charge in [-0.05, 0) is 18.1 Å². The molecular formula is C8H10O6S2. The van der Waals surface area contributed by atoms with Gasteiger partial charge in [0.2, 0.25) is 4.58 Å². The van der Waals surface area contributed by atoms with Gasteiger partial charge in [-0.2, -0.15) is 16.8 Å². The fraction of sp³-hybridized carbons (Fsp3) is 0.250. The van der Waals surface area contributed by atoms with E-state index in [0.29, 0.717) is 5.56 Å². The molecule has 6 nitrogen and oxygen atoms in total. The number of hydrogen-bond acceptors (Lipinski definition) is 4. The Kier molecular flexibility index (Phi) is 3.38. The Balaban J connectivity index is 3.54. The summed E-state index contributed by atoms with van der Waals surface area (Å²) in [6.45, 7) is 1.47. The van der Waals surface area contributed by atoms with Crippen LogP contribution in [0.15, 0.2) is 24.3 Å².